The summed E-state index contributed by atoms with van der Waals surface area (Å²) in [6, 6.07) is -1.66. The molecular formula is C42H59NO27. The summed E-state index contributed by atoms with van der Waals surface area (Å²) in [7, 11) is 0. The molecule has 70 heavy (non-hydrogen) atoms. The number of hydrogen-bond donors (Lipinski definition) is 1. The van der Waals surface area contributed by atoms with Crippen molar-refractivity contribution in [3.05, 3.63) is 0 Å². The Labute approximate surface area is 400 Å². The molecule has 2 rings (SSSR count). The Morgan fingerprint density at radius 3 is 1.20 bits per heavy atom. The lowest BCUT2D eigenvalue weighted by molar-refractivity contribution is -0.360. The van der Waals surface area contributed by atoms with Crippen molar-refractivity contribution in [2.24, 2.45) is 0 Å². The number of esters is 11. The van der Waals surface area contributed by atoms with Crippen LogP contribution in [0.1, 0.15) is 83.1 Å². The van der Waals surface area contributed by atoms with Gasteiger partial charge in [-0.25, -0.2) is 0 Å². The van der Waals surface area contributed by atoms with Crippen molar-refractivity contribution in [2.45, 2.75) is 169 Å². The lowest BCUT2D eigenvalue weighted by Gasteiger charge is -2.49. The molecule has 0 saturated carbocycles. The van der Waals surface area contributed by atoms with E-state index in [1.165, 1.54) is 0 Å². The van der Waals surface area contributed by atoms with Crippen LogP contribution in [0.4, 0.5) is 0 Å². The third kappa shape index (κ3) is 20.2. The van der Waals surface area contributed by atoms with Crippen molar-refractivity contribution >= 4 is 71.6 Å². The molecule has 2 fully saturated rings. The first-order valence-corrected chi connectivity index (χ1v) is 21.2. The molecule has 0 spiro atoms. The molecule has 2 aliphatic rings. The van der Waals surface area contributed by atoms with Gasteiger partial charge in [0.15, 0.2) is 55.3 Å². The molecule has 2 saturated heterocycles. The van der Waals surface area contributed by atoms with Gasteiger partial charge in [-0.05, 0) is 0 Å². The van der Waals surface area contributed by atoms with Crippen LogP contribution in [0.15, 0.2) is 0 Å². The van der Waals surface area contributed by atoms with Crippen LogP contribution in [0.5, 0.6) is 0 Å². The molecule has 0 aromatic carbocycles. The first-order valence-electron chi connectivity index (χ1n) is 21.2. The van der Waals surface area contributed by atoms with Crippen LogP contribution in [0.3, 0.4) is 0 Å². The number of rotatable bonds is 23. The number of carbonyl (C=O) groups is 12. The summed E-state index contributed by atoms with van der Waals surface area (Å²) in [5.41, 5.74) is 0. The van der Waals surface area contributed by atoms with Crippen molar-refractivity contribution in [2.75, 3.05) is 26.4 Å². The lowest BCUT2D eigenvalue weighted by atomic mass is 9.94. The van der Waals surface area contributed by atoms with E-state index in [4.69, 9.17) is 71.1 Å². The molecule has 2 aliphatic heterocycles. The fraction of sp³-hybridized carbons (Fsp3) is 0.714. The molecule has 1 amide bonds. The maximum absolute atomic E-state index is 13.1. The second-order valence-corrected chi connectivity index (χ2v) is 15.4. The van der Waals surface area contributed by atoms with E-state index < -0.39 is 184 Å². The number of hydrogen-bond acceptors (Lipinski definition) is 27. The second kappa shape index (κ2) is 28.2. The number of carbonyl (C=O) groups excluding carboxylic acids is 12. The largest absolute Gasteiger partial charge is 0.463 e. The number of amides is 1. The lowest BCUT2D eigenvalue weighted by Crippen LogP contribution is -2.70. The van der Waals surface area contributed by atoms with E-state index >= 15 is 0 Å². The average Bonchev–Trinajstić information content (AvgIpc) is 3.20. The first-order chi connectivity index (χ1) is 32.6. The fourth-order valence-electron chi connectivity index (χ4n) is 6.99. The smallest absolute Gasteiger partial charge is 0.303 e. The maximum atomic E-state index is 13.1. The van der Waals surface area contributed by atoms with E-state index in [1.54, 1.807) is 0 Å². The minimum atomic E-state index is -2.18. The van der Waals surface area contributed by atoms with Gasteiger partial charge in [-0.15, -0.1) is 0 Å². The van der Waals surface area contributed by atoms with Crippen molar-refractivity contribution in [1.82, 2.24) is 5.32 Å². The maximum Gasteiger partial charge on any atom is 0.303 e. The Morgan fingerprint density at radius 1 is 0.400 bits per heavy atom. The zero-order valence-corrected chi connectivity index (χ0v) is 40.4. The average molecular weight is 1010 g/mol. The monoisotopic (exact) mass is 1010 g/mol. The van der Waals surface area contributed by atoms with Gasteiger partial charge in [0.1, 0.15) is 56.9 Å². The van der Waals surface area contributed by atoms with Crippen LogP contribution in [0.2, 0.25) is 0 Å². The van der Waals surface area contributed by atoms with Crippen LogP contribution >= 0.6 is 0 Å². The topological polar surface area (TPSA) is 355 Å². The highest BCUT2D eigenvalue weighted by Crippen LogP contribution is 2.36. The predicted molar refractivity (Wildman–Crippen MR) is 220 cm³/mol. The molecule has 2 heterocycles. The number of ether oxygens (including phenoxy) is 15. The highest BCUT2D eigenvalue weighted by molar-refractivity contribution is 5.74. The molecule has 0 aliphatic carbocycles. The van der Waals surface area contributed by atoms with E-state index in [0.29, 0.717) is 0 Å². The Morgan fingerprint density at radius 2 is 0.786 bits per heavy atom. The van der Waals surface area contributed by atoms with Gasteiger partial charge in [0.05, 0.1) is 0 Å². The van der Waals surface area contributed by atoms with Gasteiger partial charge in [-0.2, -0.15) is 0 Å². The van der Waals surface area contributed by atoms with E-state index in [9.17, 15) is 57.5 Å². The second-order valence-electron chi connectivity index (χ2n) is 15.4. The molecule has 28 heteroatoms. The van der Waals surface area contributed by atoms with Gasteiger partial charge >= 0.3 is 65.7 Å². The fourth-order valence-corrected chi connectivity index (χ4v) is 6.99. The predicted octanol–water partition coefficient (Wildman–Crippen LogP) is -1.51. The molecule has 5 unspecified atom stereocenters. The SMILES string of the molecule is CC(=O)N[C@H]1C(OC(C)=O)[C@H](OC(C)=O)C(COC(C)=O)O[C@H]1O[C@@H]1C(COC(C)=O)O[C@@H](OC([C@H](COC(C)=O)OC(C)=O)[C@H](OC(C)=O)[C@H](COC(C)=O)OC(C)=O)[C@@H](OC(C)=O)C1OC(C)=O. The highest BCUT2D eigenvalue weighted by atomic mass is 16.8. The molecule has 0 aromatic rings. The van der Waals surface area contributed by atoms with Crippen molar-refractivity contribution in [3.63, 3.8) is 0 Å². The molecule has 394 valence electrons. The summed E-state index contributed by atoms with van der Waals surface area (Å²) in [5.74, 6) is -11.8. The van der Waals surface area contributed by atoms with E-state index in [-0.39, 0.29) is 0 Å². The number of nitrogens with one attached hydrogen (secondary N) is 1. The third-order valence-corrected chi connectivity index (χ3v) is 9.19. The quantitative estimate of drug-likeness (QED) is 0.0897. The van der Waals surface area contributed by atoms with Crippen molar-refractivity contribution in [1.29, 1.82) is 0 Å². The van der Waals surface area contributed by atoms with E-state index in [2.05, 4.69) is 5.32 Å². The Balaban J connectivity index is 3.07. The van der Waals surface area contributed by atoms with E-state index in [1.807, 2.05) is 0 Å². The Hall–Kier alpha value is -6.52. The first kappa shape index (κ1) is 59.6. The Bertz CT molecular complexity index is 1920. The molecule has 0 aromatic heterocycles. The van der Waals surface area contributed by atoms with Crippen LogP contribution in [0.25, 0.3) is 0 Å². The molecule has 14 atom stereocenters. The zero-order valence-electron chi connectivity index (χ0n) is 40.4. The van der Waals surface area contributed by atoms with Crippen molar-refractivity contribution in [3.8, 4) is 0 Å². The van der Waals surface area contributed by atoms with Crippen LogP contribution in [0, 0.1) is 0 Å². The normalized spacial score (nSPS) is 25.5. The van der Waals surface area contributed by atoms with Gasteiger partial charge in [-0.1, -0.05) is 0 Å². The van der Waals surface area contributed by atoms with Crippen LogP contribution in [-0.2, 0) is 129 Å². The summed E-state index contributed by atoms with van der Waals surface area (Å²) < 4.78 is 84.7. The summed E-state index contributed by atoms with van der Waals surface area (Å²) in [6.07, 6.45) is -24.6. The Kier molecular flexibility index (Phi) is 24.0. The van der Waals surface area contributed by atoms with Gasteiger partial charge in [0.25, 0.3) is 0 Å². The third-order valence-electron chi connectivity index (χ3n) is 9.19. The van der Waals surface area contributed by atoms with Gasteiger partial charge < -0.3 is 76.4 Å². The highest BCUT2D eigenvalue weighted by Gasteiger charge is 2.58. The van der Waals surface area contributed by atoms with Crippen LogP contribution < -0.4 is 5.32 Å². The van der Waals surface area contributed by atoms with Gasteiger partial charge in [0, 0.05) is 83.1 Å². The molecule has 28 nitrogen and oxygen atoms in total. The molecular weight excluding hydrogens is 950 g/mol. The molecule has 0 radical (unpaired) electrons. The summed E-state index contributed by atoms with van der Waals surface area (Å²) in [4.78, 5) is 150. The summed E-state index contributed by atoms with van der Waals surface area (Å²) >= 11 is 0. The summed E-state index contributed by atoms with van der Waals surface area (Å²) in [6.45, 7) is 8.30. The molecule has 0 bridgehead atoms. The van der Waals surface area contributed by atoms with Crippen LogP contribution in [-0.4, -0.2) is 184 Å². The van der Waals surface area contributed by atoms with Gasteiger partial charge in [-0.3, -0.25) is 57.5 Å². The molecule has 1 N–H and O–H groups in total. The minimum Gasteiger partial charge on any atom is -0.463 e. The zero-order chi connectivity index (χ0) is 53.2. The minimum absolute atomic E-state index is 0.692. The summed E-state index contributed by atoms with van der Waals surface area (Å²) in [5, 5.41) is 2.49. The standard InChI is InChI=1S/C42H59NO27/c1-17(44)43-33-38(64-26(10)53)36(63-25(9)52)31(15-58-20(4)47)67-41(33)69-37-32(16-59-21(5)48)68-42(40(66-28(12)55)39(37)65-27(11)54)70-35(30(61-23(7)50)14-57-19(3)46)34(62-24(8)51)29(60-22(6)49)13-56-18(2)45/h29-42H,13-16H2,1-12H3,(H,43,44)/t29-,30-,31?,32?,33-,34+,35?,36+,37+,38?,39?,40-,41-,42-/m0/s1. The van der Waals surface area contributed by atoms with Crippen molar-refractivity contribution < 1.29 is 129 Å². The van der Waals surface area contributed by atoms with Gasteiger partial charge in [0.2, 0.25) is 5.91 Å². The van der Waals surface area contributed by atoms with E-state index in [0.717, 1.165) is 83.1 Å².